The van der Waals surface area contributed by atoms with Gasteiger partial charge in [0.1, 0.15) is 24.0 Å². The quantitative estimate of drug-likeness (QED) is 0.634. The van der Waals surface area contributed by atoms with Gasteiger partial charge in [-0.15, -0.1) is 0 Å². The number of amides is 2. The van der Waals surface area contributed by atoms with Crippen molar-refractivity contribution < 1.29 is 37.4 Å². The van der Waals surface area contributed by atoms with E-state index in [2.05, 4.69) is 10.6 Å². The first-order valence-corrected chi connectivity index (χ1v) is 9.57. The van der Waals surface area contributed by atoms with Gasteiger partial charge in [0.05, 0.1) is 36.6 Å². The third-order valence-electron chi connectivity index (χ3n) is 4.54. The molecule has 2 aromatic carbocycles. The Morgan fingerprint density at radius 3 is 2.25 bits per heavy atom. The molecule has 0 saturated carbocycles. The van der Waals surface area contributed by atoms with E-state index < -0.39 is 42.3 Å². The standard InChI is InChI=1S/C22H20F2N2O6/c1-3-31-21(28)18-17(11-32-20(27)13-8-14(23)10-15(24)9-13)25-22(29)26-19(18)12-4-6-16(30-2)7-5-12/h4-10,19H,3,11H2,1-2H3,(H2,25,26,29). The topological polar surface area (TPSA) is 103 Å². The smallest absolute Gasteiger partial charge is 0.338 e. The summed E-state index contributed by atoms with van der Waals surface area (Å²) >= 11 is 0. The average Bonchev–Trinajstić information content (AvgIpc) is 2.76. The van der Waals surface area contributed by atoms with E-state index in [4.69, 9.17) is 14.2 Å². The van der Waals surface area contributed by atoms with Crippen LogP contribution in [0.25, 0.3) is 0 Å². The van der Waals surface area contributed by atoms with Crippen LogP contribution < -0.4 is 15.4 Å². The van der Waals surface area contributed by atoms with Gasteiger partial charge in [-0.25, -0.2) is 23.2 Å². The summed E-state index contributed by atoms with van der Waals surface area (Å²) in [6.07, 6.45) is 0. The number of rotatable bonds is 7. The summed E-state index contributed by atoms with van der Waals surface area (Å²) in [4.78, 5) is 37.2. The fourth-order valence-corrected chi connectivity index (χ4v) is 3.12. The van der Waals surface area contributed by atoms with E-state index in [1.54, 1.807) is 31.2 Å². The van der Waals surface area contributed by atoms with Gasteiger partial charge in [-0.1, -0.05) is 12.1 Å². The van der Waals surface area contributed by atoms with E-state index in [1.165, 1.54) is 7.11 Å². The molecule has 0 saturated heterocycles. The molecule has 32 heavy (non-hydrogen) atoms. The molecule has 168 valence electrons. The predicted molar refractivity (Wildman–Crippen MR) is 108 cm³/mol. The minimum atomic E-state index is -1.03. The largest absolute Gasteiger partial charge is 0.497 e. The first-order chi connectivity index (χ1) is 15.3. The number of hydrogen-bond acceptors (Lipinski definition) is 6. The molecule has 0 radical (unpaired) electrons. The van der Waals surface area contributed by atoms with Crippen molar-refractivity contribution in [1.82, 2.24) is 10.6 Å². The van der Waals surface area contributed by atoms with E-state index in [0.717, 1.165) is 12.1 Å². The van der Waals surface area contributed by atoms with Gasteiger partial charge in [0.2, 0.25) is 0 Å². The van der Waals surface area contributed by atoms with Crippen molar-refractivity contribution >= 4 is 18.0 Å². The monoisotopic (exact) mass is 446 g/mol. The fraction of sp³-hybridized carbons (Fsp3) is 0.227. The molecule has 0 aromatic heterocycles. The zero-order chi connectivity index (χ0) is 23.3. The molecule has 0 bridgehead atoms. The maximum atomic E-state index is 13.4. The van der Waals surface area contributed by atoms with Crippen molar-refractivity contribution in [1.29, 1.82) is 0 Å². The molecule has 10 heteroatoms. The third-order valence-corrected chi connectivity index (χ3v) is 4.54. The maximum absolute atomic E-state index is 13.4. The number of hydrogen-bond donors (Lipinski definition) is 2. The highest BCUT2D eigenvalue weighted by Crippen LogP contribution is 2.29. The zero-order valence-electron chi connectivity index (χ0n) is 17.2. The number of carbonyl (C=O) groups excluding carboxylic acids is 3. The Bertz CT molecular complexity index is 1050. The van der Waals surface area contributed by atoms with Crippen molar-refractivity contribution in [3.63, 3.8) is 0 Å². The molecule has 8 nitrogen and oxygen atoms in total. The van der Waals surface area contributed by atoms with Gasteiger partial charge in [-0.3, -0.25) is 0 Å². The van der Waals surface area contributed by atoms with Crippen molar-refractivity contribution in [2.75, 3.05) is 20.3 Å². The predicted octanol–water partition coefficient (Wildman–Crippen LogP) is 3.00. The van der Waals surface area contributed by atoms with Crippen LogP contribution in [0.5, 0.6) is 5.75 Å². The Morgan fingerprint density at radius 1 is 1.00 bits per heavy atom. The molecule has 1 aliphatic rings. The van der Waals surface area contributed by atoms with Crippen LogP contribution in [0.1, 0.15) is 28.9 Å². The Labute approximate surface area is 182 Å². The molecule has 0 spiro atoms. The number of halogens is 2. The van der Waals surface area contributed by atoms with Crippen LogP contribution in [0.2, 0.25) is 0 Å². The Hall–Kier alpha value is -3.95. The number of carbonyl (C=O) groups is 3. The molecule has 2 amide bonds. The molecule has 1 unspecified atom stereocenters. The summed E-state index contributed by atoms with van der Waals surface area (Å²) in [6.45, 7) is 1.15. The summed E-state index contributed by atoms with van der Waals surface area (Å²) in [5, 5.41) is 5.07. The molecule has 0 fully saturated rings. The summed E-state index contributed by atoms with van der Waals surface area (Å²) in [5.74, 6) is -3.08. The van der Waals surface area contributed by atoms with Crippen LogP contribution in [-0.2, 0) is 14.3 Å². The summed E-state index contributed by atoms with van der Waals surface area (Å²) < 4.78 is 42.1. The minimum absolute atomic E-state index is 0.0155. The van der Waals surface area contributed by atoms with E-state index in [0.29, 0.717) is 17.4 Å². The Kier molecular flexibility index (Phi) is 7.04. The molecular formula is C22H20F2N2O6. The lowest BCUT2D eigenvalue weighted by molar-refractivity contribution is -0.139. The highest BCUT2D eigenvalue weighted by Gasteiger charge is 2.34. The number of ether oxygens (including phenoxy) is 3. The third kappa shape index (κ3) is 5.20. The van der Waals surface area contributed by atoms with Gasteiger partial charge < -0.3 is 24.8 Å². The molecule has 3 rings (SSSR count). The highest BCUT2D eigenvalue weighted by atomic mass is 19.1. The summed E-state index contributed by atoms with van der Waals surface area (Å²) in [7, 11) is 1.50. The van der Waals surface area contributed by atoms with Gasteiger partial charge in [-0.2, -0.15) is 0 Å². The number of esters is 2. The average molecular weight is 446 g/mol. The van der Waals surface area contributed by atoms with Gasteiger partial charge in [0.25, 0.3) is 0 Å². The number of urea groups is 1. The van der Waals surface area contributed by atoms with Crippen molar-refractivity contribution in [3.05, 3.63) is 76.5 Å². The lowest BCUT2D eigenvalue weighted by Crippen LogP contribution is -2.47. The van der Waals surface area contributed by atoms with Crippen LogP contribution in [0.4, 0.5) is 13.6 Å². The number of nitrogens with one attached hydrogen (secondary N) is 2. The number of methoxy groups -OCH3 is 1. The first kappa shape index (κ1) is 22.7. The van der Waals surface area contributed by atoms with Gasteiger partial charge >= 0.3 is 18.0 Å². The fourth-order valence-electron chi connectivity index (χ4n) is 3.12. The second-order valence-electron chi connectivity index (χ2n) is 6.65. The van der Waals surface area contributed by atoms with Crippen LogP contribution in [0.3, 0.4) is 0 Å². The van der Waals surface area contributed by atoms with Crippen molar-refractivity contribution in [2.24, 2.45) is 0 Å². The van der Waals surface area contributed by atoms with Crippen LogP contribution in [0.15, 0.2) is 53.7 Å². The van der Waals surface area contributed by atoms with Gasteiger partial charge in [-0.05, 0) is 36.8 Å². The first-order valence-electron chi connectivity index (χ1n) is 9.57. The van der Waals surface area contributed by atoms with E-state index in [1.807, 2.05) is 0 Å². The molecule has 1 heterocycles. The molecule has 0 aliphatic carbocycles. The molecule has 2 N–H and O–H groups in total. The molecule has 1 atom stereocenters. The summed E-state index contributed by atoms with van der Waals surface area (Å²) in [6, 6.07) is 7.34. The molecule has 2 aromatic rings. The SMILES string of the molecule is CCOC(=O)C1=C(COC(=O)c2cc(F)cc(F)c2)NC(=O)NC1c1ccc(OC)cc1. The van der Waals surface area contributed by atoms with Crippen LogP contribution in [0, 0.1) is 11.6 Å². The van der Waals surface area contributed by atoms with Crippen LogP contribution >= 0.6 is 0 Å². The van der Waals surface area contributed by atoms with E-state index >= 15 is 0 Å². The summed E-state index contributed by atoms with van der Waals surface area (Å²) in [5.41, 5.74) is 0.209. The lowest BCUT2D eigenvalue weighted by Gasteiger charge is -2.29. The van der Waals surface area contributed by atoms with Crippen molar-refractivity contribution in [3.8, 4) is 5.75 Å². The maximum Gasteiger partial charge on any atom is 0.338 e. The van der Waals surface area contributed by atoms with Crippen LogP contribution in [-0.4, -0.2) is 38.3 Å². The molecular weight excluding hydrogens is 426 g/mol. The van der Waals surface area contributed by atoms with Crippen molar-refractivity contribution in [2.45, 2.75) is 13.0 Å². The number of benzene rings is 2. The lowest BCUT2D eigenvalue weighted by atomic mass is 9.95. The highest BCUT2D eigenvalue weighted by molar-refractivity contribution is 5.95. The zero-order valence-corrected chi connectivity index (χ0v) is 17.2. The van der Waals surface area contributed by atoms with Gasteiger partial charge in [0, 0.05) is 6.07 Å². The van der Waals surface area contributed by atoms with E-state index in [9.17, 15) is 23.2 Å². The Balaban J connectivity index is 1.92. The second-order valence-corrected chi connectivity index (χ2v) is 6.65. The van der Waals surface area contributed by atoms with Gasteiger partial charge in [0.15, 0.2) is 0 Å². The Morgan fingerprint density at radius 2 is 1.66 bits per heavy atom. The van der Waals surface area contributed by atoms with E-state index in [-0.39, 0.29) is 23.4 Å². The molecule has 1 aliphatic heterocycles. The minimum Gasteiger partial charge on any atom is -0.497 e. The second kappa shape index (κ2) is 9.90. The normalized spacial score (nSPS) is 15.5.